The van der Waals surface area contributed by atoms with E-state index in [0.29, 0.717) is 25.0 Å². The third-order valence-electron chi connectivity index (χ3n) is 9.00. The summed E-state index contributed by atoms with van der Waals surface area (Å²) in [6, 6.07) is 11.7. The predicted molar refractivity (Wildman–Crippen MR) is 193 cm³/mol. The second-order valence-electron chi connectivity index (χ2n) is 14.3. The van der Waals surface area contributed by atoms with Gasteiger partial charge in [0.05, 0.1) is 30.4 Å². The van der Waals surface area contributed by atoms with Crippen LogP contribution in [0.3, 0.4) is 0 Å². The molecule has 2 rings (SSSR count). The molecule has 0 fully saturated rings. The molecular formula is C38H60N6O5. The summed E-state index contributed by atoms with van der Waals surface area (Å²) in [5, 5.41) is 23.2. The van der Waals surface area contributed by atoms with Crippen LogP contribution in [-0.2, 0) is 32.1 Å². The van der Waals surface area contributed by atoms with E-state index in [4.69, 9.17) is 5.73 Å². The zero-order valence-electron chi connectivity index (χ0n) is 30.6. The van der Waals surface area contributed by atoms with Crippen molar-refractivity contribution < 1.29 is 24.3 Å². The topological polar surface area (TPSA) is 176 Å². The third kappa shape index (κ3) is 13.9. The van der Waals surface area contributed by atoms with Gasteiger partial charge >= 0.3 is 0 Å². The summed E-state index contributed by atoms with van der Waals surface area (Å²) in [6.07, 6.45) is 2.13. The molecule has 1 aromatic heterocycles. The van der Waals surface area contributed by atoms with Crippen molar-refractivity contribution in [1.29, 1.82) is 0 Å². The number of carbonyl (C=O) groups is 4. The van der Waals surface area contributed by atoms with Gasteiger partial charge in [-0.25, -0.2) is 0 Å². The number of aliphatic hydroxyl groups excluding tert-OH is 1. The molecule has 0 aliphatic carbocycles. The molecule has 7 atom stereocenters. The molecule has 0 saturated carbocycles. The average molecular weight is 681 g/mol. The Balaban J connectivity index is 2.14. The fourth-order valence-electron chi connectivity index (χ4n) is 5.71. The lowest BCUT2D eigenvalue weighted by Gasteiger charge is -2.33. The lowest BCUT2D eigenvalue weighted by molar-refractivity contribution is -0.134. The highest BCUT2D eigenvalue weighted by molar-refractivity contribution is 5.90. The number of pyridine rings is 1. The van der Waals surface area contributed by atoms with Crippen LogP contribution in [0.4, 0.5) is 0 Å². The van der Waals surface area contributed by atoms with Crippen LogP contribution in [0.25, 0.3) is 0 Å². The Morgan fingerprint density at radius 3 is 1.94 bits per heavy atom. The van der Waals surface area contributed by atoms with E-state index in [2.05, 4.69) is 26.3 Å². The fraction of sp³-hybridized carbons (Fsp3) is 0.605. The van der Waals surface area contributed by atoms with Gasteiger partial charge in [0.1, 0.15) is 12.1 Å². The lowest BCUT2D eigenvalue weighted by atomic mass is 9.84. The summed E-state index contributed by atoms with van der Waals surface area (Å²) in [6.45, 7) is 15.6. The molecule has 7 N–H and O–H groups in total. The van der Waals surface area contributed by atoms with Crippen LogP contribution in [0.2, 0.25) is 0 Å². The van der Waals surface area contributed by atoms with Gasteiger partial charge < -0.3 is 32.1 Å². The first-order valence-corrected chi connectivity index (χ1v) is 17.7. The Kier molecular flexibility index (Phi) is 17.4. The Morgan fingerprint density at radius 2 is 1.39 bits per heavy atom. The molecule has 272 valence electrons. The van der Waals surface area contributed by atoms with Crippen molar-refractivity contribution in [2.45, 2.75) is 118 Å². The van der Waals surface area contributed by atoms with Crippen molar-refractivity contribution >= 4 is 23.6 Å². The highest BCUT2D eigenvalue weighted by atomic mass is 16.3. The summed E-state index contributed by atoms with van der Waals surface area (Å²) in [4.78, 5) is 57.9. The summed E-state index contributed by atoms with van der Waals surface area (Å²) in [7, 11) is 0. The van der Waals surface area contributed by atoms with E-state index in [9.17, 15) is 24.3 Å². The zero-order valence-corrected chi connectivity index (χ0v) is 30.6. The van der Waals surface area contributed by atoms with Crippen molar-refractivity contribution in [2.75, 3.05) is 0 Å². The quantitative estimate of drug-likeness (QED) is 0.124. The number of amides is 4. The molecule has 0 aliphatic rings. The third-order valence-corrected chi connectivity index (χ3v) is 9.00. The van der Waals surface area contributed by atoms with Crippen LogP contribution in [0, 0.1) is 29.6 Å². The van der Waals surface area contributed by atoms with Crippen molar-refractivity contribution in [3.63, 3.8) is 0 Å². The standard InChI is InChI=1S/C38H60N6O5/c1-9-26(8)34(37(48)41-22-28-17-13-14-18-40-28)44-35(46)29(24(4)5)21-32(45)31(19-23(2)3)42-38(49)33(25(6)7)43-36(47)30(39)20-27-15-11-10-12-16-27/h10-18,23-26,29-34,45H,9,19-22,39H2,1-8H3,(H,41,48)(H,42,49)(H,43,47)(H,44,46)/t26-,29-,30-,31-,32-,33-,34-/m0/s1. The van der Waals surface area contributed by atoms with Gasteiger partial charge in [0.25, 0.3) is 0 Å². The van der Waals surface area contributed by atoms with E-state index < -0.39 is 48.0 Å². The fourth-order valence-corrected chi connectivity index (χ4v) is 5.71. The Hall–Kier alpha value is -3.83. The van der Waals surface area contributed by atoms with Crippen LogP contribution >= 0.6 is 0 Å². The van der Waals surface area contributed by atoms with E-state index in [1.54, 1.807) is 12.3 Å². The minimum Gasteiger partial charge on any atom is -0.391 e. The van der Waals surface area contributed by atoms with Gasteiger partial charge in [-0.1, -0.05) is 98.2 Å². The van der Waals surface area contributed by atoms with E-state index in [-0.39, 0.29) is 48.5 Å². The number of hydrogen-bond acceptors (Lipinski definition) is 7. The molecule has 1 heterocycles. The molecule has 11 heteroatoms. The predicted octanol–water partition coefficient (Wildman–Crippen LogP) is 3.49. The molecule has 1 aromatic carbocycles. The number of rotatable bonds is 20. The zero-order chi connectivity index (χ0) is 36.7. The molecule has 11 nitrogen and oxygen atoms in total. The highest BCUT2D eigenvalue weighted by Crippen LogP contribution is 2.23. The summed E-state index contributed by atoms with van der Waals surface area (Å²) in [5.41, 5.74) is 7.83. The molecule has 4 amide bonds. The number of aromatic nitrogens is 1. The number of nitrogens with one attached hydrogen (secondary N) is 4. The van der Waals surface area contributed by atoms with Crippen molar-refractivity contribution in [3.8, 4) is 0 Å². The lowest BCUT2D eigenvalue weighted by Crippen LogP contribution is -2.57. The second-order valence-corrected chi connectivity index (χ2v) is 14.3. The van der Waals surface area contributed by atoms with Gasteiger partial charge in [0.15, 0.2) is 0 Å². The van der Waals surface area contributed by atoms with Crippen molar-refractivity contribution in [3.05, 3.63) is 66.0 Å². The van der Waals surface area contributed by atoms with Crippen LogP contribution in [0.1, 0.15) is 85.9 Å². The average Bonchev–Trinajstić information content (AvgIpc) is 3.06. The number of nitrogens with two attached hydrogens (primary N) is 1. The minimum absolute atomic E-state index is 0.0740. The maximum Gasteiger partial charge on any atom is 0.243 e. The summed E-state index contributed by atoms with van der Waals surface area (Å²) < 4.78 is 0. The molecule has 0 bridgehead atoms. The first-order valence-electron chi connectivity index (χ1n) is 17.7. The molecule has 0 saturated heterocycles. The van der Waals surface area contributed by atoms with E-state index in [1.165, 1.54) is 0 Å². The number of aliphatic hydroxyl groups is 1. The van der Waals surface area contributed by atoms with E-state index >= 15 is 0 Å². The van der Waals surface area contributed by atoms with Crippen LogP contribution in [-0.4, -0.2) is 64.0 Å². The number of nitrogens with zero attached hydrogens (tertiary/aromatic N) is 1. The van der Waals surface area contributed by atoms with Gasteiger partial charge in [-0.3, -0.25) is 24.2 Å². The Morgan fingerprint density at radius 1 is 0.755 bits per heavy atom. The summed E-state index contributed by atoms with van der Waals surface area (Å²) in [5.74, 6) is -2.55. The molecule has 49 heavy (non-hydrogen) atoms. The van der Waals surface area contributed by atoms with Crippen LogP contribution < -0.4 is 27.0 Å². The molecule has 0 aliphatic heterocycles. The summed E-state index contributed by atoms with van der Waals surface area (Å²) >= 11 is 0. The normalized spacial score (nSPS) is 15.9. The monoisotopic (exact) mass is 680 g/mol. The maximum absolute atomic E-state index is 13.7. The van der Waals surface area contributed by atoms with Gasteiger partial charge in [-0.05, 0) is 60.6 Å². The smallest absolute Gasteiger partial charge is 0.243 e. The van der Waals surface area contributed by atoms with E-state index in [0.717, 1.165) is 5.56 Å². The molecule has 0 spiro atoms. The SMILES string of the molecule is CC[C@H](C)[C@H](NC(=O)[C@@H](C[C@H](O)[C@H](CC(C)C)NC(=O)[C@@H](NC(=O)[C@@H](N)Cc1ccccc1)C(C)C)C(C)C)C(=O)NCc1ccccn1. The maximum atomic E-state index is 13.7. The molecular weight excluding hydrogens is 620 g/mol. The first-order chi connectivity index (χ1) is 23.1. The second kappa shape index (κ2) is 20.6. The highest BCUT2D eigenvalue weighted by Gasteiger charge is 2.35. The molecule has 0 radical (unpaired) electrons. The number of benzene rings is 1. The minimum atomic E-state index is -1.06. The number of carbonyl (C=O) groups excluding carboxylic acids is 4. The van der Waals surface area contributed by atoms with Crippen molar-refractivity contribution in [2.24, 2.45) is 35.3 Å². The van der Waals surface area contributed by atoms with Crippen LogP contribution in [0.15, 0.2) is 54.7 Å². The van der Waals surface area contributed by atoms with Crippen molar-refractivity contribution in [1.82, 2.24) is 26.3 Å². The van der Waals surface area contributed by atoms with Crippen LogP contribution in [0.5, 0.6) is 0 Å². The Bertz CT molecular complexity index is 1310. The molecule has 0 unspecified atom stereocenters. The van der Waals surface area contributed by atoms with Gasteiger partial charge in [-0.15, -0.1) is 0 Å². The first kappa shape index (κ1) is 41.3. The largest absolute Gasteiger partial charge is 0.391 e. The van der Waals surface area contributed by atoms with E-state index in [1.807, 2.05) is 97.9 Å². The molecule has 2 aromatic rings. The van der Waals surface area contributed by atoms with Gasteiger partial charge in [0.2, 0.25) is 23.6 Å². The van der Waals surface area contributed by atoms with Gasteiger partial charge in [-0.2, -0.15) is 0 Å². The Labute approximate surface area is 293 Å². The number of hydrogen-bond donors (Lipinski definition) is 6. The van der Waals surface area contributed by atoms with Gasteiger partial charge in [0, 0.05) is 12.1 Å².